The zero-order valence-corrected chi connectivity index (χ0v) is 14.7. The lowest BCUT2D eigenvalue weighted by atomic mass is 9.95. The summed E-state index contributed by atoms with van der Waals surface area (Å²) in [5, 5.41) is 6.30. The van der Waals surface area contributed by atoms with Crippen molar-refractivity contribution in [2.24, 2.45) is 0 Å². The first-order chi connectivity index (χ1) is 12.1. The third-order valence-electron chi connectivity index (χ3n) is 4.37. The highest BCUT2D eigenvalue weighted by Crippen LogP contribution is 2.20. The topological polar surface area (TPSA) is 76.1 Å². The van der Waals surface area contributed by atoms with E-state index in [1.807, 2.05) is 24.3 Å². The fourth-order valence-corrected chi connectivity index (χ4v) is 3.08. The Labute approximate surface area is 148 Å². The second kappa shape index (κ2) is 7.96. The number of methoxy groups -OCH3 is 1. The van der Waals surface area contributed by atoms with Crippen LogP contribution in [0.2, 0.25) is 0 Å². The summed E-state index contributed by atoms with van der Waals surface area (Å²) < 4.78 is 5.15. The Hall–Kier alpha value is -2.63. The lowest BCUT2D eigenvalue weighted by Gasteiger charge is -2.22. The highest BCUT2D eigenvalue weighted by Gasteiger charge is 2.18. The van der Waals surface area contributed by atoms with E-state index in [9.17, 15) is 4.79 Å². The van der Waals surface area contributed by atoms with Crippen LogP contribution in [-0.4, -0.2) is 29.0 Å². The zero-order valence-electron chi connectivity index (χ0n) is 14.7. The number of amides is 1. The Morgan fingerprint density at radius 1 is 1.12 bits per heavy atom. The van der Waals surface area contributed by atoms with Crippen molar-refractivity contribution in [3.05, 3.63) is 41.9 Å². The first-order valence-electron chi connectivity index (χ1n) is 8.71. The predicted octanol–water partition coefficient (Wildman–Crippen LogP) is 3.60. The van der Waals surface area contributed by atoms with Gasteiger partial charge in [0.15, 0.2) is 0 Å². The summed E-state index contributed by atoms with van der Waals surface area (Å²) in [4.78, 5) is 21.2. The summed E-state index contributed by atoms with van der Waals surface area (Å²) in [6.07, 6.45) is 5.71. The van der Waals surface area contributed by atoms with Crippen molar-refractivity contribution in [2.75, 3.05) is 12.4 Å². The van der Waals surface area contributed by atoms with Crippen LogP contribution in [0.15, 0.2) is 30.3 Å². The Balaban J connectivity index is 1.71. The van der Waals surface area contributed by atoms with Gasteiger partial charge in [-0.15, -0.1) is 0 Å². The van der Waals surface area contributed by atoms with E-state index >= 15 is 0 Å². The van der Waals surface area contributed by atoms with Gasteiger partial charge in [-0.3, -0.25) is 4.79 Å². The molecule has 2 aromatic rings. The van der Waals surface area contributed by atoms with E-state index in [1.54, 1.807) is 20.1 Å². The largest absolute Gasteiger partial charge is 0.497 e. The first kappa shape index (κ1) is 17.2. The number of aromatic nitrogens is 2. The second-order valence-electron chi connectivity index (χ2n) is 6.35. The third kappa shape index (κ3) is 4.68. The van der Waals surface area contributed by atoms with Crippen molar-refractivity contribution in [3.63, 3.8) is 0 Å². The molecule has 3 rings (SSSR count). The molecule has 1 heterocycles. The molecule has 1 amide bonds. The molecule has 0 aliphatic heterocycles. The molecule has 0 unspecified atom stereocenters. The van der Waals surface area contributed by atoms with Crippen LogP contribution in [0, 0.1) is 6.92 Å². The van der Waals surface area contributed by atoms with Crippen molar-refractivity contribution in [2.45, 2.75) is 45.1 Å². The Morgan fingerprint density at radius 2 is 1.84 bits per heavy atom. The zero-order chi connectivity index (χ0) is 17.6. The van der Waals surface area contributed by atoms with Crippen molar-refractivity contribution < 1.29 is 9.53 Å². The number of carbonyl (C=O) groups is 1. The smallest absolute Gasteiger partial charge is 0.270 e. The Bertz CT molecular complexity index is 725. The van der Waals surface area contributed by atoms with Crippen LogP contribution in [-0.2, 0) is 0 Å². The maximum atomic E-state index is 12.5. The van der Waals surface area contributed by atoms with Crippen molar-refractivity contribution in [1.82, 2.24) is 15.3 Å². The Kier molecular flexibility index (Phi) is 5.48. The van der Waals surface area contributed by atoms with Gasteiger partial charge < -0.3 is 15.4 Å². The van der Waals surface area contributed by atoms with Gasteiger partial charge in [-0.05, 0) is 44.0 Å². The number of hydrogen-bond acceptors (Lipinski definition) is 5. The average molecular weight is 340 g/mol. The van der Waals surface area contributed by atoms with E-state index in [0.717, 1.165) is 24.3 Å². The van der Waals surface area contributed by atoms with Crippen LogP contribution < -0.4 is 15.4 Å². The quantitative estimate of drug-likeness (QED) is 0.870. The molecule has 2 N–H and O–H groups in total. The summed E-state index contributed by atoms with van der Waals surface area (Å²) >= 11 is 0. The standard InChI is InChI=1S/C19H24N4O2/c1-13-20-17(19(24)23-14-6-4-3-5-7-14)12-18(21-13)22-15-8-10-16(25-2)11-9-15/h8-12,14H,3-7H2,1-2H3,(H,23,24)(H,20,21,22). The fourth-order valence-electron chi connectivity index (χ4n) is 3.08. The van der Waals surface area contributed by atoms with Gasteiger partial charge in [0.05, 0.1) is 7.11 Å². The third-order valence-corrected chi connectivity index (χ3v) is 4.37. The molecule has 132 valence electrons. The molecule has 1 saturated carbocycles. The van der Waals surface area contributed by atoms with Crippen LogP contribution in [0.5, 0.6) is 5.75 Å². The van der Waals surface area contributed by atoms with E-state index in [1.165, 1.54) is 19.3 Å². The molecule has 0 radical (unpaired) electrons. The molecule has 25 heavy (non-hydrogen) atoms. The van der Waals surface area contributed by atoms with E-state index in [4.69, 9.17) is 4.74 Å². The highest BCUT2D eigenvalue weighted by molar-refractivity contribution is 5.93. The number of ether oxygens (including phenoxy) is 1. The molecule has 1 aromatic carbocycles. The molecule has 1 aromatic heterocycles. The summed E-state index contributed by atoms with van der Waals surface area (Å²) in [5.41, 5.74) is 1.27. The number of nitrogens with zero attached hydrogens (tertiary/aromatic N) is 2. The van der Waals surface area contributed by atoms with Gasteiger partial charge in [-0.1, -0.05) is 19.3 Å². The SMILES string of the molecule is COc1ccc(Nc2cc(C(=O)NC3CCCCC3)nc(C)n2)cc1. The summed E-state index contributed by atoms with van der Waals surface area (Å²) in [7, 11) is 1.63. The van der Waals surface area contributed by atoms with Gasteiger partial charge >= 0.3 is 0 Å². The minimum absolute atomic E-state index is 0.129. The number of rotatable bonds is 5. The molecule has 1 fully saturated rings. The fraction of sp³-hybridized carbons (Fsp3) is 0.421. The van der Waals surface area contributed by atoms with Gasteiger partial charge in [0.2, 0.25) is 0 Å². The van der Waals surface area contributed by atoms with Crippen LogP contribution in [0.3, 0.4) is 0 Å². The normalized spacial score (nSPS) is 14.8. The van der Waals surface area contributed by atoms with E-state index < -0.39 is 0 Å². The van der Waals surface area contributed by atoms with Crippen molar-refractivity contribution >= 4 is 17.4 Å². The minimum atomic E-state index is -0.129. The van der Waals surface area contributed by atoms with Gasteiger partial charge in [-0.2, -0.15) is 0 Å². The molecular formula is C19H24N4O2. The van der Waals surface area contributed by atoms with Gasteiger partial charge in [0.25, 0.3) is 5.91 Å². The van der Waals surface area contributed by atoms with E-state index in [0.29, 0.717) is 17.3 Å². The molecule has 1 aliphatic carbocycles. The monoisotopic (exact) mass is 340 g/mol. The van der Waals surface area contributed by atoms with Crippen molar-refractivity contribution in [3.8, 4) is 5.75 Å². The Morgan fingerprint density at radius 3 is 2.52 bits per heavy atom. The molecule has 0 atom stereocenters. The number of hydrogen-bond donors (Lipinski definition) is 2. The molecule has 0 bridgehead atoms. The maximum absolute atomic E-state index is 12.5. The molecular weight excluding hydrogens is 316 g/mol. The minimum Gasteiger partial charge on any atom is -0.497 e. The van der Waals surface area contributed by atoms with Crippen LogP contribution >= 0.6 is 0 Å². The van der Waals surface area contributed by atoms with Crippen LogP contribution in [0.1, 0.15) is 48.4 Å². The lowest BCUT2D eigenvalue weighted by molar-refractivity contribution is 0.0922. The number of anilines is 2. The molecule has 0 spiro atoms. The maximum Gasteiger partial charge on any atom is 0.270 e. The van der Waals surface area contributed by atoms with Crippen molar-refractivity contribution in [1.29, 1.82) is 0 Å². The van der Waals surface area contributed by atoms with Crippen LogP contribution in [0.25, 0.3) is 0 Å². The van der Waals surface area contributed by atoms with Gasteiger partial charge in [0, 0.05) is 17.8 Å². The molecule has 6 heteroatoms. The number of aryl methyl sites for hydroxylation is 1. The van der Waals surface area contributed by atoms with E-state index in [2.05, 4.69) is 20.6 Å². The average Bonchev–Trinajstić information content (AvgIpc) is 2.63. The molecule has 6 nitrogen and oxygen atoms in total. The van der Waals surface area contributed by atoms with Crippen LogP contribution in [0.4, 0.5) is 11.5 Å². The first-order valence-corrected chi connectivity index (χ1v) is 8.71. The van der Waals surface area contributed by atoms with Gasteiger partial charge in [-0.25, -0.2) is 9.97 Å². The number of benzene rings is 1. The number of carbonyl (C=O) groups excluding carboxylic acids is 1. The van der Waals surface area contributed by atoms with E-state index in [-0.39, 0.29) is 11.9 Å². The highest BCUT2D eigenvalue weighted by atomic mass is 16.5. The second-order valence-corrected chi connectivity index (χ2v) is 6.35. The lowest BCUT2D eigenvalue weighted by Crippen LogP contribution is -2.36. The molecule has 1 aliphatic rings. The summed E-state index contributed by atoms with van der Waals surface area (Å²) in [6, 6.07) is 9.49. The molecule has 0 saturated heterocycles. The number of nitrogens with one attached hydrogen (secondary N) is 2. The predicted molar refractivity (Wildman–Crippen MR) is 97.4 cm³/mol. The summed E-state index contributed by atoms with van der Waals surface area (Å²) in [6.45, 7) is 1.79. The summed E-state index contributed by atoms with van der Waals surface area (Å²) in [5.74, 6) is 1.82. The van der Waals surface area contributed by atoms with Gasteiger partial charge in [0.1, 0.15) is 23.1 Å².